The third-order valence-corrected chi connectivity index (χ3v) is 2.70. The highest BCUT2D eigenvalue weighted by molar-refractivity contribution is 6.30. The first kappa shape index (κ1) is 14.7. The van der Waals surface area contributed by atoms with Crippen molar-refractivity contribution in [3.05, 3.63) is 51.2 Å². The number of carbonyl (C=O) groups is 1. The van der Waals surface area contributed by atoms with Crippen molar-refractivity contribution >= 4 is 29.4 Å². The molecule has 0 saturated heterocycles. The van der Waals surface area contributed by atoms with Crippen LogP contribution in [0.5, 0.6) is 0 Å². The zero-order valence-electron chi connectivity index (χ0n) is 10.9. The minimum atomic E-state index is -0.533. The predicted molar refractivity (Wildman–Crippen MR) is 77.2 cm³/mol. The summed E-state index contributed by atoms with van der Waals surface area (Å²) < 4.78 is 5.43. The minimum Gasteiger partial charge on any atom is -0.455 e. The first-order chi connectivity index (χ1) is 9.97. The van der Waals surface area contributed by atoms with Crippen molar-refractivity contribution in [2.75, 3.05) is 0 Å². The fourth-order valence-electron chi connectivity index (χ4n) is 1.62. The Balaban J connectivity index is 2.31. The van der Waals surface area contributed by atoms with Crippen LogP contribution in [-0.4, -0.2) is 17.0 Å². The van der Waals surface area contributed by atoms with E-state index in [0.717, 1.165) is 0 Å². The third kappa shape index (κ3) is 3.67. The highest BCUT2D eigenvalue weighted by Gasteiger charge is 2.18. The highest BCUT2D eigenvalue weighted by Crippen LogP contribution is 2.33. The highest BCUT2D eigenvalue weighted by atomic mass is 35.5. The zero-order chi connectivity index (χ0) is 15.4. The summed E-state index contributed by atoms with van der Waals surface area (Å²) in [5.74, 6) is 0.344. The van der Waals surface area contributed by atoms with E-state index in [4.69, 9.17) is 16.0 Å². The molecule has 7 nitrogen and oxygen atoms in total. The monoisotopic (exact) mass is 307 g/mol. The van der Waals surface area contributed by atoms with Crippen LogP contribution in [0.4, 0.5) is 5.69 Å². The van der Waals surface area contributed by atoms with Crippen LogP contribution >= 0.6 is 11.6 Å². The molecule has 8 heteroatoms. The fraction of sp³-hybridized carbons (Fsp3) is 0.0769. The maximum atomic E-state index is 11.0. The molecule has 1 amide bonds. The average molecular weight is 308 g/mol. The number of nitrogens with zero attached hydrogens (tertiary/aromatic N) is 2. The number of nitro benzene ring substituents is 1. The van der Waals surface area contributed by atoms with E-state index in [-0.39, 0.29) is 16.6 Å². The van der Waals surface area contributed by atoms with E-state index in [1.165, 1.54) is 31.3 Å². The van der Waals surface area contributed by atoms with Gasteiger partial charge in [-0.25, -0.2) is 5.43 Å². The lowest BCUT2D eigenvalue weighted by Gasteiger charge is -2.00. The van der Waals surface area contributed by atoms with Crippen LogP contribution in [0.2, 0.25) is 5.02 Å². The van der Waals surface area contributed by atoms with E-state index in [0.29, 0.717) is 17.1 Å². The van der Waals surface area contributed by atoms with E-state index < -0.39 is 4.92 Å². The van der Waals surface area contributed by atoms with Gasteiger partial charge in [-0.05, 0) is 24.3 Å². The van der Waals surface area contributed by atoms with Gasteiger partial charge in [-0.2, -0.15) is 5.10 Å². The van der Waals surface area contributed by atoms with E-state index in [1.807, 2.05) is 0 Å². The number of furan rings is 1. The topological polar surface area (TPSA) is 97.7 Å². The van der Waals surface area contributed by atoms with Crippen molar-refractivity contribution in [3.63, 3.8) is 0 Å². The smallest absolute Gasteiger partial charge is 0.281 e. The summed E-state index contributed by atoms with van der Waals surface area (Å²) in [6, 6.07) is 7.46. The number of rotatable bonds is 4. The molecule has 0 aliphatic carbocycles. The molecule has 0 fully saturated rings. The zero-order valence-corrected chi connectivity index (χ0v) is 11.6. The number of nitrogens with one attached hydrogen (secondary N) is 1. The number of nitro groups is 1. The van der Waals surface area contributed by atoms with Crippen molar-refractivity contribution < 1.29 is 14.1 Å². The lowest BCUT2D eigenvalue weighted by atomic mass is 10.1. The Bertz CT molecular complexity index is 724. The maximum Gasteiger partial charge on any atom is 0.281 e. The van der Waals surface area contributed by atoms with Gasteiger partial charge < -0.3 is 4.42 Å². The molecule has 0 aliphatic heterocycles. The van der Waals surface area contributed by atoms with Crippen molar-refractivity contribution in [1.82, 2.24) is 5.43 Å². The van der Waals surface area contributed by atoms with Gasteiger partial charge in [0.2, 0.25) is 5.91 Å². The molecular weight excluding hydrogens is 298 g/mol. The molecule has 1 aromatic heterocycles. The van der Waals surface area contributed by atoms with Gasteiger partial charge >= 0.3 is 0 Å². The number of halogens is 1. The normalized spacial score (nSPS) is 10.8. The first-order valence-corrected chi connectivity index (χ1v) is 6.19. The summed E-state index contributed by atoms with van der Waals surface area (Å²) in [6.45, 7) is 1.32. The third-order valence-electron chi connectivity index (χ3n) is 2.46. The summed E-state index contributed by atoms with van der Waals surface area (Å²) in [5, 5.41) is 14.9. The number of benzene rings is 1. The summed E-state index contributed by atoms with van der Waals surface area (Å²) in [7, 11) is 0. The Morgan fingerprint density at radius 2 is 2.19 bits per heavy atom. The predicted octanol–water partition coefficient (Wildman–Crippen LogP) is 2.98. The number of hydrogen-bond acceptors (Lipinski definition) is 5. The molecule has 0 atom stereocenters. The standard InChI is InChI=1S/C13H10ClN3O4/c1-8(18)16-15-7-10-3-5-13(21-10)11-4-2-9(14)6-12(11)17(19)20/h2-7H,1H3,(H,16,18)/b15-7-. The summed E-state index contributed by atoms with van der Waals surface area (Å²) >= 11 is 5.76. The van der Waals surface area contributed by atoms with Crippen LogP contribution in [0, 0.1) is 10.1 Å². The van der Waals surface area contributed by atoms with Crippen LogP contribution in [0.3, 0.4) is 0 Å². The molecular formula is C13H10ClN3O4. The molecule has 1 heterocycles. The number of hydrazone groups is 1. The van der Waals surface area contributed by atoms with Crippen molar-refractivity contribution in [2.45, 2.75) is 6.92 Å². The molecule has 0 saturated carbocycles. The van der Waals surface area contributed by atoms with Gasteiger partial charge in [0.1, 0.15) is 11.5 Å². The van der Waals surface area contributed by atoms with Crippen molar-refractivity contribution in [2.24, 2.45) is 5.10 Å². The van der Waals surface area contributed by atoms with Gasteiger partial charge in [0.25, 0.3) is 5.69 Å². The molecule has 2 rings (SSSR count). The van der Waals surface area contributed by atoms with Crippen molar-refractivity contribution in [3.8, 4) is 11.3 Å². The van der Waals surface area contributed by atoms with Crippen LogP contribution < -0.4 is 5.43 Å². The van der Waals surface area contributed by atoms with Gasteiger partial charge in [0.15, 0.2) is 0 Å². The Labute approximate surface area is 124 Å². The summed E-state index contributed by atoms with van der Waals surface area (Å²) in [5.41, 5.74) is 2.38. The molecule has 0 aliphatic rings. The van der Waals surface area contributed by atoms with Crippen LogP contribution in [-0.2, 0) is 4.79 Å². The van der Waals surface area contributed by atoms with E-state index in [2.05, 4.69) is 10.5 Å². The largest absolute Gasteiger partial charge is 0.455 e. The molecule has 0 unspecified atom stereocenters. The van der Waals surface area contributed by atoms with Gasteiger partial charge in [-0.3, -0.25) is 14.9 Å². The quantitative estimate of drug-likeness (QED) is 0.533. The Kier molecular flexibility index (Phi) is 4.34. The molecule has 0 bridgehead atoms. The van der Waals surface area contributed by atoms with Crippen molar-refractivity contribution in [1.29, 1.82) is 0 Å². The van der Waals surface area contributed by atoms with Gasteiger partial charge in [-0.1, -0.05) is 11.6 Å². The molecule has 21 heavy (non-hydrogen) atoms. The molecule has 0 spiro atoms. The summed E-state index contributed by atoms with van der Waals surface area (Å²) in [6.07, 6.45) is 1.30. The maximum absolute atomic E-state index is 11.0. The van der Waals surface area contributed by atoms with Crippen LogP contribution in [0.1, 0.15) is 12.7 Å². The van der Waals surface area contributed by atoms with E-state index in [9.17, 15) is 14.9 Å². The van der Waals surface area contributed by atoms with Gasteiger partial charge in [0.05, 0.1) is 16.7 Å². The first-order valence-electron chi connectivity index (χ1n) is 5.81. The number of amides is 1. The van der Waals surface area contributed by atoms with Crippen LogP contribution in [0.15, 0.2) is 39.9 Å². The Morgan fingerprint density at radius 3 is 2.86 bits per heavy atom. The second-order valence-corrected chi connectivity index (χ2v) is 4.48. The number of carbonyl (C=O) groups excluding carboxylic acids is 1. The minimum absolute atomic E-state index is 0.151. The second-order valence-electron chi connectivity index (χ2n) is 4.05. The van der Waals surface area contributed by atoms with E-state index in [1.54, 1.807) is 12.1 Å². The fourth-order valence-corrected chi connectivity index (χ4v) is 1.78. The van der Waals surface area contributed by atoms with E-state index >= 15 is 0 Å². The molecule has 108 valence electrons. The number of hydrogen-bond donors (Lipinski definition) is 1. The van der Waals surface area contributed by atoms with Crippen LogP contribution in [0.25, 0.3) is 11.3 Å². The SMILES string of the molecule is CC(=O)N/N=C\c1ccc(-c2ccc(Cl)cc2[N+](=O)[O-])o1. The molecule has 0 radical (unpaired) electrons. The van der Waals surface area contributed by atoms with Gasteiger partial charge in [0, 0.05) is 18.0 Å². The van der Waals surface area contributed by atoms with Gasteiger partial charge in [-0.15, -0.1) is 0 Å². The average Bonchev–Trinajstić information content (AvgIpc) is 2.86. The molecule has 2 aromatic rings. The molecule has 1 N–H and O–H groups in total. The lowest BCUT2D eigenvalue weighted by Crippen LogP contribution is -2.12. The molecule has 1 aromatic carbocycles. The Hall–Kier alpha value is -2.67. The second kappa shape index (κ2) is 6.19. The summed E-state index contributed by atoms with van der Waals surface area (Å²) in [4.78, 5) is 21.2. The lowest BCUT2D eigenvalue weighted by molar-refractivity contribution is -0.384. The Morgan fingerprint density at radius 1 is 1.43 bits per heavy atom.